The number of halogens is 2. The fourth-order valence-corrected chi connectivity index (χ4v) is 3.01. The summed E-state index contributed by atoms with van der Waals surface area (Å²) < 4.78 is 19.2. The average molecular weight is 379 g/mol. The smallest absolute Gasteiger partial charge is 0.265 e. The van der Waals surface area contributed by atoms with E-state index in [-0.39, 0.29) is 16.8 Å². The molecular weight excluding hydrogens is 359 g/mol. The lowest BCUT2D eigenvalue weighted by molar-refractivity contribution is -0.128. The third kappa shape index (κ3) is 4.52. The van der Waals surface area contributed by atoms with E-state index in [2.05, 4.69) is 10.6 Å². The fraction of sp³-hybridized carbons (Fsp3) is 0.316. The van der Waals surface area contributed by atoms with Gasteiger partial charge in [-0.05, 0) is 12.1 Å². The number of carbonyl (C=O) groups is 1. The molecule has 138 valence electrons. The number of amides is 1. The lowest BCUT2D eigenvalue weighted by Crippen LogP contribution is -2.38. The summed E-state index contributed by atoms with van der Waals surface area (Å²) in [5, 5.41) is 15.7. The van der Waals surface area contributed by atoms with Crippen LogP contribution in [0, 0.1) is 11.7 Å². The number of nitrogens with one attached hydrogen (secondary N) is 2. The molecule has 0 radical (unpaired) electrons. The van der Waals surface area contributed by atoms with E-state index in [1.165, 1.54) is 18.2 Å². The Morgan fingerprint density at radius 3 is 2.73 bits per heavy atom. The third-order valence-electron chi connectivity index (χ3n) is 4.33. The Bertz CT molecular complexity index is 760. The van der Waals surface area contributed by atoms with Crippen molar-refractivity contribution in [1.29, 1.82) is 0 Å². The van der Waals surface area contributed by atoms with Gasteiger partial charge in [0.2, 0.25) is 6.10 Å². The van der Waals surface area contributed by atoms with Gasteiger partial charge >= 0.3 is 0 Å². The van der Waals surface area contributed by atoms with Crippen molar-refractivity contribution in [2.45, 2.75) is 12.2 Å². The number of hydrogen-bond acceptors (Lipinski definition) is 4. The summed E-state index contributed by atoms with van der Waals surface area (Å²) in [6.45, 7) is 1.50. The van der Waals surface area contributed by atoms with E-state index < -0.39 is 18.0 Å². The van der Waals surface area contributed by atoms with Crippen molar-refractivity contribution in [3.8, 4) is 5.75 Å². The highest BCUT2D eigenvalue weighted by molar-refractivity contribution is 6.30. The van der Waals surface area contributed by atoms with E-state index in [1.54, 1.807) is 24.3 Å². The quantitative estimate of drug-likeness (QED) is 0.721. The highest BCUT2D eigenvalue weighted by Gasteiger charge is 2.28. The molecule has 0 spiro atoms. The minimum atomic E-state index is -0.913. The normalized spacial score (nSPS) is 20.6. The Balaban J connectivity index is 1.74. The van der Waals surface area contributed by atoms with Gasteiger partial charge in [0.05, 0.1) is 11.1 Å². The molecule has 0 bridgehead atoms. The largest absolute Gasteiger partial charge is 0.476 e. The van der Waals surface area contributed by atoms with Crippen LogP contribution in [0.2, 0.25) is 5.02 Å². The molecule has 3 N–H and O–H groups in total. The molecule has 7 heteroatoms. The van der Waals surface area contributed by atoms with Crippen LogP contribution in [0.15, 0.2) is 48.5 Å². The first-order chi connectivity index (χ1) is 12.5. The number of ether oxygens (including phenoxy) is 1. The zero-order chi connectivity index (χ0) is 18.5. The number of rotatable bonds is 6. The molecule has 3 unspecified atom stereocenters. The van der Waals surface area contributed by atoms with Gasteiger partial charge in [0.25, 0.3) is 5.91 Å². The second-order valence-electron chi connectivity index (χ2n) is 6.22. The molecule has 3 rings (SSSR count). The van der Waals surface area contributed by atoms with Crippen LogP contribution in [0.1, 0.15) is 11.7 Å². The Labute approximate surface area is 156 Å². The summed E-state index contributed by atoms with van der Waals surface area (Å²) in [6, 6.07) is 13.0. The molecule has 1 aliphatic rings. The van der Waals surface area contributed by atoms with Gasteiger partial charge in [-0.2, -0.15) is 0 Å². The number of aliphatic hydroxyl groups is 1. The standard InChI is InChI=1S/C19H20ClFN2O3/c20-15-8-14(6-7-16(15)21)26-18(12-4-2-1-3-5-12)19(25)23-10-13-9-22-11-17(13)24/h1-8,13,17-18,22,24H,9-11H2,(H,23,25). The molecule has 1 aliphatic heterocycles. The van der Waals surface area contributed by atoms with E-state index >= 15 is 0 Å². The van der Waals surface area contributed by atoms with Crippen molar-refractivity contribution < 1.29 is 19.0 Å². The lowest BCUT2D eigenvalue weighted by atomic mass is 10.1. The molecule has 1 saturated heterocycles. The first-order valence-corrected chi connectivity index (χ1v) is 8.75. The van der Waals surface area contributed by atoms with Gasteiger partial charge < -0.3 is 20.5 Å². The molecule has 1 fully saturated rings. The maximum Gasteiger partial charge on any atom is 0.265 e. The minimum Gasteiger partial charge on any atom is -0.476 e. The van der Waals surface area contributed by atoms with Crippen LogP contribution in [0.25, 0.3) is 0 Å². The molecule has 2 aromatic carbocycles. The molecule has 0 aliphatic carbocycles. The van der Waals surface area contributed by atoms with Gasteiger partial charge in [0, 0.05) is 37.2 Å². The molecule has 1 heterocycles. The second kappa shape index (κ2) is 8.49. The van der Waals surface area contributed by atoms with Gasteiger partial charge in [-0.15, -0.1) is 0 Å². The van der Waals surface area contributed by atoms with Crippen molar-refractivity contribution >= 4 is 17.5 Å². The zero-order valence-corrected chi connectivity index (χ0v) is 14.7. The third-order valence-corrected chi connectivity index (χ3v) is 4.62. The van der Waals surface area contributed by atoms with Gasteiger partial charge in [0.1, 0.15) is 11.6 Å². The monoisotopic (exact) mass is 378 g/mol. The van der Waals surface area contributed by atoms with Crippen molar-refractivity contribution in [1.82, 2.24) is 10.6 Å². The van der Waals surface area contributed by atoms with E-state index in [9.17, 15) is 14.3 Å². The highest BCUT2D eigenvalue weighted by atomic mass is 35.5. The van der Waals surface area contributed by atoms with Crippen molar-refractivity contribution in [2.24, 2.45) is 5.92 Å². The van der Waals surface area contributed by atoms with Crippen molar-refractivity contribution in [2.75, 3.05) is 19.6 Å². The SMILES string of the molecule is O=C(NCC1CNCC1O)C(Oc1ccc(F)c(Cl)c1)c1ccccc1. The number of β-amino-alcohol motifs (C(OH)–C–C–N with tert-alkyl or cyclic N) is 1. The summed E-state index contributed by atoms with van der Waals surface area (Å²) in [7, 11) is 0. The van der Waals surface area contributed by atoms with E-state index in [1.807, 2.05) is 6.07 Å². The first kappa shape index (κ1) is 18.6. The highest BCUT2D eigenvalue weighted by Crippen LogP contribution is 2.26. The predicted octanol–water partition coefficient (Wildman–Crippen LogP) is 2.30. The van der Waals surface area contributed by atoms with Gasteiger partial charge in [-0.25, -0.2) is 4.39 Å². The second-order valence-corrected chi connectivity index (χ2v) is 6.62. The number of benzene rings is 2. The Morgan fingerprint density at radius 1 is 1.31 bits per heavy atom. The minimum absolute atomic E-state index is 0.0457. The van der Waals surface area contributed by atoms with Crippen molar-refractivity contribution in [3.63, 3.8) is 0 Å². The van der Waals surface area contributed by atoms with Crippen LogP contribution in [0.4, 0.5) is 4.39 Å². The Kier molecular flexibility index (Phi) is 6.08. The van der Waals surface area contributed by atoms with E-state index in [0.29, 0.717) is 30.9 Å². The number of hydrogen-bond donors (Lipinski definition) is 3. The summed E-state index contributed by atoms with van der Waals surface area (Å²) in [4.78, 5) is 12.7. The van der Waals surface area contributed by atoms with Gasteiger partial charge in [-0.1, -0.05) is 41.9 Å². The van der Waals surface area contributed by atoms with Crippen LogP contribution in [0.5, 0.6) is 5.75 Å². The molecule has 0 aromatic heterocycles. The van der Waals surface area contributed by atoms with Crippen LogP contribution in [-0.4, -0.2) is 36.8 Å². The maximum absolute atomic E-state index is 13.4. The first-order valence-electron chi connectivity index (χ1n) is 8.37. The molecule has 5 nitrogen and oxygen atoms in total. The maximum atomic E-state index is 13.4. The fourth-order valence-electron chi connectivity index (χ4n) is 2.84. The van der Waals surface area contributed by atoms with Crippen LogP contribution < -0.4 is 15.4 Å². The van der Waals surface area contributed by atoms with Gasteiger partial charge in [-0.3, -0.25) is 4.79 Å². The van der Waals surface area contributed by atoms with Crippen LogP contribution >= 0.6 is 11.6 Å². The summed E-state index contributed by atoms with van der Waals surface area (Å²) in [5.74, 6) is -0.642. The summed E-state index contributed by atoms with van der Waals surface area (Å²) in [5.41, 5.74) is 0.663. The number of aliphatic hydroxyl groups excluding tert-OH is 1. The molecule has 1 amide bonds. The lowest BCUT2D eigenvalue weighted by Gasteiger charge is -2.21. The molecule has 2 aromatic rings. The zero-order valence-electron chi connectivity index (χ0n) is 14.0. The Hall–Kier alpha value is -2.15. The van der Waals surface area contributed by atoms with Crippen LogP contribution in [-0.2, 0) is 4.79 Å². The molecule has 3 atom stereocenters. The Morgan fingerprint density at radius 2 is 2.08 bits per heavy atom. The number of carbonyl (C=O) groups excluding carboxylic acids is 1. The molecule has 0 saturated carbocycles. The van der Waals surface area contributed by atoms with Gasteiger partial charge in [0.15, 0.2) is 0 Å². The summed E-state index contributed by atoms with van der Waals surface area (Å²) in [6.07, 6.45) is -1.40. The molecular formula is C19H20ClFN2O3. The average Bonchev–Trinajstić information content (AvgIpc) is 3.06. The van der Waals surface area contributed by atoms with E-state index in [4.69, 9.17) is 16.3 Å². The predicted molar refractivity (Wildman–Crippen MR) is 96.6 cm³/mol. The molecule has 26 heavy (non-hydrogen) atoms. The van der Waals surface area contributed by atoms with Crippen molar-refractivity contribution in [3.05, 3.63) is 64.9 Å². The van der Waals surface area contributed by atoms with E-state index in [0.717, 1.165) is 0 Å². The van der Waals surface area contributed by atoms with Crippen LogP contribution in [0.3, 0.4) is 0 Å². The summed E-state index contributed by atoms with van der Waals surface area (Å²) >= 11 is 5.80. The topological polar surface area (TPSA) is 70.6 Å².